The summed E-state index contributed by atoms with van der Waals surface area (Å²) in [4.78, 5) is 11.4. The summed E-state index contributed by atoms with van der Waals surface area (Å²) in [6.07, 6.45) is 2.17. The number of carbonyl (C=O) groups is 1. The Balaban J connectivity index is 1.81. The molecule has 4 aliphatic rings. The van der Waals surface area contributed by atoms with Crippen LogP contribution in [0, 0.1) is 29.6 Å². The Bertz CT molecular complexity index is 384. The van der Waals surface area contributed by atoms with Crippen molar-refractivity contribution in [2.75, 3.05) is 6.61 Å². The van der Waals surface area contributed by atoms with Crippen LogP contribution in [0.2, 0.25) is 0 Å². The monoisotopic (exact) mass is 190 g/mol. The molecule has 6 atom stereocenters. The summed E-state index contributed by atoms with van der Waals surface area (Å²) in [6, 6.07) is 0. The first kappa shape index (κ1) is 7.63. The van der Waals surface area contributed by atoms with Crippen LogP contribution >= 0.6 is 0 Å². The van der Waals surface area contributed by atoms with Gasteiger partial charge in [-0.3, -0.25) is 4.79 Å². The molecule has 3 fully saturated rings. The Labute approximate surface area is 83.3 Å². The van der Waals surface area contributed by atoms with Gasteiger partial charge in [0.1, 0.15) is 5.60 Å². The summed E-state index contributed by atoms with van der Waals surface area (Å²) in [6.45, 7) is 4.90. The lowest BCUT2D eigenvalue weighted by Crippen LogP contribution is -2.75. The molecular weight excluding hydrogens is 176 g/mol. The van der Waals surface area contributed by atoms with Crippen LogP contribution in [-0.2, 0) is 9.53 Å². The van der Waals surface area contributed by atoms with Crippen molar-refractivity contribution in [3.05, 3.63) is 11.6 Å². The van der Waals surface area contributed by atoms with Gasteiger partial charge < -0.3 is 4.74 Å². The number of fused-ring (bicyclic) bond motifs is 1. The summed E-state index contributed by atoms with van der Waals surface area (Å²) in [5, 5.41) is 0. The van der Waals surface area contributed by atoms with E-state index in [1.807, 2.05) is 0 Å². The molecule has 1 saturated heterocycles. The second-order valence-electron chi connectivity index (χ2n) is 5.39. The summed E-state index contributed by atoms with van der Waals surface area (Å²) < 4.78 is 5.95. The van der Waals surface area contributed by atoms with Gasteiger partial charge >= 0.3 is 0 Å². The molecule has 2 heteroatoms. The molecule has 0 amide bonds. The van der Waals surface area contributed by atoms with Crippen molar-refractivity contribution in [3.63, 3.8) is 0 Å². The number of ether oxygens (including phenoxy) is 1. The highest BCUT2D eigenvalue weighted by atomic mass is 16.5. The van der Waals surface area contributed by atoms with Gasteiger partial charge in [0.15, 0.2) is 5.78 Å². The number of hydrogen-bond donors (Lipinski definition) is 0. The van der Waals surface area contributed by atoms with Gasteiger partial charge in [0, 0.05) is 17.4 Å². The number of ketones is 1. The molecule has 1 spiro atoms. The SMILES string of the molecule is CC(=O)C1=C[C@H]2[C@@H]3[C@H](C)[C@@H]4CO[C@]12[C@@H]43. The topological polar surface area (TPSA) is 26.3 Å². The van der Waals surface area contributed by atoms with Crippen LogP contribution in [0.25, 0.3) is 0 Å². The molecular formula is C12H14O2. The number of rotatable bonds is 1. The third kappa shape index (κ3) is 0.463. The van der Waals surface area contributed by atoms with E-state index in [4.69, 9.17) is 4.74 Å². The van der Waals surface area contributed by atoms with Crippen LogP contribution in [0.4, 0.5) is 0 Å². The zero-order chi connectivity index (χ0) is 9.66. The molecule has 3 aliphatic carbocycles. The van der Waals surface area contributed by atoms with Gasteiger partial charge in [-0.1, -0.05) is 13.0 Å². The van der Waals surface area contributed by atoms with Crippen molar-refractivity contribution in [2.24, 2.45) is 29.6 Å². The van der Waals surface area contributed by atoms with Gasteiger partial charge in [-0.2, -0.15) is 0 Å². The minimum Gasteiger partial charge on any atom is -0.369 e. The first-order chi connectivity index (χ1) is 6.68. The zero-order valence-corrected chi connectivity index (χ0v) is 8.49. The molecule has 0 N–H and O–H groups in total. The fourth-order valence-corrected chi connectivity index (χ4v) is 4.58. The quantitative estimate of drug-likeness (QED) is 0.625. The van der Waals surface area contributed by atoms with Gasteiger partial charge in [-0.15, -0.1) is 0 Å². The first-order valence-corrected chi connectivity index (χ1v) is 5.55. The Hall–Kier alpha value is -0.630. The highest BCUT2D eigenvalue weighted by Crippen LogP contribution is 2.77. The average molecular weight is 190 g/mol. The maximum Gasteiger partial charge on any atom is 0.158 e. The lowest BCUT2D eigenvalue weighted by atomic mass is 9.32. The second-order valence-corrected chi connectivity index (χ2v) is 5.39. The summed E-state index contributed by atoms with van der Waals surface area (Å²) in [5.74, 6) is 3.92. The van der Waals surface area contributed by atoms with E-state index < -0.39 is 0 Å². The van der Waals surface area contributed by atoms with E-state index >= 15 is 0 Å². The summed E-state index contributed by atoms with van der Waals surface area (Å²) >= 11 is 0. The zero-order valence-electron chi connectivity index (χ0n) is 8.49. The summed E-state index contributed by atoms with van der Waals surface area (Å²) in [7, 11) is 0. The van der Waals surface area contributed by atoms with Crippen LogP contribution in [-0.4, -0.2) is 18.0 Å². The van der Waals surface area contributed by atoms with Gasteiger partial charge in [0.2, 0.25) is 0 Å². The number of Topliss-reactive ketones (excluding diaryl/α,β-unsaturated/α-hetero) is 1. The van der Waals surface area contributed by atoms with Crippen molar-refractivity contribution in [1.82, 2.24) is 0 Å². The maximum absolute atomic E-state index is 11.4. The third-order valence-corrected chi connectivity index (χ3v) is 5.22. The minimum absolute atomic E-state index is 0.0757. The van der Waals surface area contributed by atoms with Gasteiger partial charge in [-0.05, 0) is 24.7 Å². The van der Waals surface area contributed by atoms with Crippen LogP contribution in [0.5, 0.6) is 0 Å². The van der Waals surface area contributed by atoms with Gasteiger partial charge in [0.25, 0.3) is 0 Å². The summed E-state index contributed by atoms with van der Waals surface area (Å²) in [5.41, 5.74) is 0.909. The maximum atomic E-state index is 11.4. The number of hydrogen-bond acceptors (Lipinski definition) is 2. The van der Waals surface area contributed by atoms with E-state index in [1.165, 1.54) is 0 Å². The molecule has 4 rings (SSSR count). The molecule has 2 nitrogen and oxygen atoms in total. The van der Waals surface area contributed by atoms with Gasteiger partial charge in [0.05, 0.1) is 6.61 Å². The fraction of sp³-hybridized carbons (Fsp3) is 0.750. The smallest absolute Gasteiger partial charge is 0.158 e. The van der Waals surface area contributed by atoms with Crippen molar-refractivity contribution in [1.29, 1.82) is 0 Å². The molecule has 0 unspecified atom stereocenters. The van der Waals surface area contributed by atoms with Crippen molar-refractivity contribution < 1.29 is 9.53 Å². The van der Waals surface area contributed by atoms with Gasteiger partial charge in [-0.25, -0.2) is 0 Å². The molecule has 74 valence electrons. The molecule has 0 aromatic rings. The van der Waals surface area contributed by atoms with Crippen LogP contribution in [0.15, 0.2) is 11.6 Å². The first-order valence-electron chi connectivity index (χ1n) is 5.55. The predicted molar refractivity (Wildman–Crippen MR) is 50.6 cm³/mol. The van der Waals surface area contributed by atoms with E-state index in [0.717, 1.165) is 29.9 Å². The highest BCUT2D eigenvalue weighted by Gasteiger charge is 2.81. The molecule has 2 saturated carbocycles. The minimum atomic E-state index is -0.0757. The highest BCUT2D eigenvalue weighted by molar-refractivity contribution is 5.98. The van der Waals surface area contributed by atoms with Crippen molar-refractivity contribution in [2.45, 2.75) is 19.4 Å². The van der Waals surface area contributed by atoms with Crippen LogP contribution < -0.4 is 0 Å². The predicted octanol–water partition coefficient (Wildman–Crippen LogP) is 1.41. The lowest BCUT2D eigenvalue weighted by Gasteiger charge is -2.71. The third-order valence-electron chi connectivity index (χ3n) is 5.22. The van der Waals surface area contributed by atoms with Crippen LogP contribution in [0.3, 0.4) is 0 Å². The van der Waals surface area contributed by atoms with E-state index in [9.17, 15) is 4.79 Å². The van der Waals surface area contributed by atoms with Crippen molar-refractivity contribution >= 4 is 5.78 Å². The molecule has 1 aliphatic heterocycles. The Morgan fingerprint density at radius 2 is 2.43 bits per heavy atom. The van der Waals surface area contributed by atoms with E-state index in [0.29, 0.717) is 11.8 Å². The largest absolute Gasteiger partial charge is 0.369 e. The molecule has 1 heterocycles. The Morgan fingerprint density at radius 1 is 1.64 bits per heavy atom. The normalized spacial score (nSPS) is 61.3. The molecule has 0 aromatic heterocycles. The molecule has 14 heavy (non-hydrogen) atoms. The Kier molecular flexibility index (Phi) is 1.01. The second kappa shape index (κ2) is 1.85. The average Bonchev–Trinajstić information content (AvgIpc) is 2.41. The van der Waals surface area contributed by atoms with E-state index in [2.05, 4.69) is 13.0 Å². The molecule has 0 radical (unpaired) electrons. The molecule has 0 bridgehead atoms. The lowest BCUT2D eigenvalue weighted by molar-refractivity contribution is -0.217. The van der Waals surface area contributed by atoms with E-state index in [1.54, 1.807) is 6.92 Å². The standard InChI is InChI=1S/C12H14O2/c1-5-7-4-14-12-8(6(2)13)3-9(12)10(5)11(7)12/h3,5,7,9-11H,4H2,1-2H3/t5-,7+,9+,10+,11+,12-/m1/s1. The van der Waals surface area contributed by atoms with E-state index in [-0.39, 0.29) is 11.4 Å². The van der Waals surface area contributed by atoms with Crippen molar-refractivity contribution in [3.8, 4) is 0 Å². The van der Waals surface area contributed by atoms with Crippen LogP contribution in [0.1, 0.15) is 13.8 Å². The number of carbonyl (C=O) groups excluding carboxylic acids is 1. The molecule has 0 aromatic carbocycles. The fourth-order valence-electron chi connectivity index (χ4n) is 4.58. The Morgan fingerprint density at radius 3 is 3.14 bits per heavy atom.